The Kier molecular flexibility index (Phi) is 50.1. The Labute approximate surface area is 279 Å². The van der Waals surface area contributed by atoms with Crippen molar-refractivity contribution in [3.8, 4) is 0 Å². The molecular formula is C42H82N2. The Bertz CT molecular complexity index is 980. The van der Waals surface area contributed by atoms with Crippen molar-refractivity contribution in [2.45, 2.75) is 163 Å². The lowest BCUT2D eigenvalue weighted by Crippen LogP contribution is -2.28. The maximum atomic E-state index is 4.50. The van der Waals surface area contributed by atoms with Crippen molar-refractivity contribution >= 4 is 23.8 Å². The van der Waals surface area contributed by atoms with Crippen molar-refractivity contribution < 1.29 is 0 Å². The van der Waals surface area contributed by atoms with Crippen LogP contribution in [-0.4, -0.2) is 11.6 Å². The van der Waals surface area contributed by atoms with E-state index in [0.29, 0.717) is 0 Å². The molecule has 0 unspecified atom stereocenters. The third-order valence-electron chi connectivity index (χ3n) is 5.13. The molecule has 0 saturated heterocycles. The van der Waals surface area contributed by atoms with Crippen molar-refractivity contribution in [2.75, 3.05) is 7.05 Å². The summed E-state index contributed by atoms with van der Waals surface area (Å²) in [6.07, 6.45) is 9.87. The lowest BCUT2D eigenvalue weighted by Gasteiger charge is -2.08. The summed E-state index contributed by atoms with van der Waals surface area (Å²) < 4.78 is 2.33. The molecule has 1 saturated carbocycles. The van der Waals surface area contributed by atoms with Crippen LogP contribution in [0.1, 0.15) is 165 Å². The van der Waals surface area contributed by atoms with Gasteiger partial charge in [0.1, 0.15) is 0 Å². The number of nitrogens with zero attached hydrogens (tertiary/aromatic N) is 1. The first-order valence-corrected chi connectivity index (χ1v) is 17.7. The summed E-state index contributed by atoms with van der Waals surface area (Å²) in [7, 11) is 1.50. The summed E-state index contributed by atoms with van der Waals surface area (Å²) in [6.45, 7) is 48.6. The van der Waals surface area contributed by atoms with E-state index in [9.17, 15) is 0 Å². The van der Waals surface area contributed by atoms with E-state index in [1.807, 2.05) is 34.6 Å². The molecule has 1 aliphatic rings. The van der Waals surface area contributed by atoms with Gasteiger partial charge in [0, 0.05) is 17.6 Å². The molecule has 2 aromatic rings. The van der Waals surface area contributed by atoms with Gasteiger partial charge in [-0.15, -0.1) is 0 Å². The fourth-order valence-electron chi connectivity index (χ4n) is 2.99. The average molecular weight is 615 g/mol. The van der Waals surface area contributed by atoms with Crippen LogP contribution in [0.3, 0.4) is 0 Å². The molecule has 0 radical (unpaired) electrons. The highest BCUT2D eigenvalue weighted by Gasteiger charge is 2.22. The van der Waals surface area contributed by atoms with Gasteiger partial charge in [0.15, 0.2) is 0 Å². The zero-order valence-electron chi connectivity index (χ0n) is 33.6. The molecule has 1 heterocycles. The summed E-state index contributed by atoms with van der Waals surface area (Å²) >= 11 is 0. The molecule has 260 valence electrons. The topological polar surface area (TPSA) is 30.9 Å². The van der Waals surface area contributed by atoms with Crippen LogP contribution in [-0.2, 0) is 6.54 Å². The fourth-order valence-corrected chi connectivity index (χ4v) is 2.99. The second-order valence-corrected chi connectivity index (χ2v) is 10.5. The summed E-state index contributed by atoms with van der Waals surface area (Å²) in [6, 6.07) is 8.63. The van der Waals surface area contributed by atoms with E-state index < -0.39 is 0 Å². The highest BCUT2D eigenvalue weighted by Crippen LogP contribution is 2.30. The van der Waals surface area contributed by atoms with E-state index in [-0.39, 0.29) is 0 Å². The fraction of sp³-hybridized carbons (Fsp3) is 0.619. The monoisotopic (exact) mass is 615 g/mol. The van der Waals surface area contributed by atoms with Crippen LogP contribution in [0, 0.1) is 19.8 Å². The molecule has 0 spiro atoms. The van der Waals surface area contributed by atoms with E-state index in [0.717, 1.165) is 29.0 Å². The van der Waals surface area contributed by atoms with Crippen LogP contribution in [0.25, 0.3) is 23.8 Å². The lowest BCUT2D eigenvalue weighted by molar-refractivity contribution is 0.611. The predicted octanol–water partition coefficient (Wildman–Crippen LogP) is 12.8. The van der Waals surface area contributed by atoms with E-state index in [2.05, 4.69) is 143 Å². The van der Waals surface area contributed by atoms with Crippen LogP contribution in [0.5, 0.6) is 0 Å². The molecule has 0 aliphatic heterocycles. The SMILES string of the molecule is C=C(C)c1c/c(=C/C)c(=C)n1CC1CC1.C=C(C)c1ccc(C)c(C)c1.CC.CC.CCC.CCC.CCC.CCC.CN. The molecule has 1 aromatic heterocycles. The molecule has 2 nitrogen and oxygen atoms in total. The maximum Gasteiger partial charge on any atom is 0.0441 e. The molecule has 0 amide bonds. The van der Waals surface area contributed by atoms with Crippen LogP contribution in [0.2, 0.25) is 0 Å². The van der Waals surface area contributed by atoms with Gasteiger partial charge in [0.25, 0.3) is 0 Å². The Morgan fingerprint density at radius 2 is 1.14 bits per heavy atom. The Morgan fingerprint density at radius 1 is 0.750 bits per heavy atom. The second kappa shape index (κ2) is 40.7. The molecule has 1 aliphatic carbocycles. The van der Waals surface area contributed by atoms with Crippen LogP contribution in [0.4, 0.5) is 0 Å². The van der Waals surface area contributed by atoms with Gasteiger partial charge in [-0.05, 0) is 94.0 Å². The Balaban J connectivity index is -0.000000109. The van der Waals surface area contributed by atoms with E-state index in [1.54, 1.807) is 0 Å². The predicted molar refractivity (Wildman–Crippen MR) is 214 cm³/mol. The molecule has 0 bridgehead atoms. The first-order valence-electron chi connectivity index (χ1n) is 17.7. The van der Waals surface area contributed by atoms with Crippen molar-refractivity contribution in [3.63, 3.8) is 0 Å². The van der Waals surface area contributed by atoms with Crippen molar-refractivity contribution in [3.05, 3.63) is 70.4 Å². The van der Waals surface area contributed by atoms with Gasteiger partial charge >= 0.3 is 0 Å². The van der Waals surface area contributed by atoms with Crippen molar-refractivity contribution in [2.24, 2.45) is 11.7 Å². The molecule has 0 atom stereocenters. The van der Waals surface area contributed by atoms with Gasteiger partial charge in [0.05, 0.1) is 0 Å². The summed E-state index contributed by atoms with van der Waals surface area (Å²) in [5, 5.41) is 2.39. The van der Waals surface area contributed by atoms with Crippen LogP contribution >= 0.6 is 0 Å². The maximum absolute atomic E-state index is 4.50. The summed E-state index contributed by atoms with van der Waals surface area (Å²) in [5.41, 5.74) is 11.9. The number of aryl methyl sites for hydroxylation is 2. The molecule has 44 heavy (non-hydrogen) atoms. The van der Waals surface area contributed by atoms with E-state index >= 15 is 0 Å². The number of rotatable bonds is 4. The summed E-state index contributed by atoms with van der Waals surface area (Å²) in [5.74, 6) is 0.876. The molecule has 1 aromatic carbocycles. The first kappa shape index (κ1) is 54.2. The minimum absolute atomic E-state index is 0.876. The van der Waals surface area contributed by atoms with Gasteiger partial charge in [0.2, 0.25) is 0 Å². The number of benzene rings is 1. The normalized spacial score (nSPS) is 10.3. The average Bonchev–Trinajstić information content (AvgIpc) is 3.77. The number of nitrogens with two attached hydrogens (primary N) is 1. The van der Waals surface area contributed by atoms with E-state index in [1.165, 1.54) is 73.2 Å². The van der Waals surface area contributed by atoms with Gasteiger partial charge in [-0.3, -0.25) is 0 Å². The molecule has 2 heteroatoms. The number of hydrogen-bond donors (Lipinski definition) is 1. The lowest BCUT2D eigenvalue weighted by atomic mass is 10.0. The van der Waals surface area contributed by atoms with Crippen molar-refractivity contribution in [1.82, 2.24) is 4.57 Å². The molecular weight excluding hydrogens is 532 g/mol. The van der Waals surface area contributed by atoms with Crippen LogP contribution in [0.15, 0.2) is 37.4 Å². The van der Waals surface area contributed by atoms with Gasteiger partial charge in [-0.25, -0.2) is 0 Å². The highest BCUT2D eigenvalue weighted by molar-refractivity contribution is 5.62. The minimum Gasteiger partial charge on any atom is -0.341 e. The Hall–Kier alpha value is -2.32. The van der Waals surface area contributed by atoms with Gasteiger partial charge in [-0.1, -0.05) is 158 Å². The highest BCUT2D eigenvalue weighted by atomic mass is 15.0. The standard InChI is InChI=1S/C14H19N.C11H14.4C3H8.2C2H6.CH5N/c1-5-13-8-14(10(2)3)15(11(13)4)9-12-6-7-12;1-8(2)11-6-5-9(3)10(4)7-11;4*1-3-2;3*1-2/h5,8,12H,2,4,6-7,9H2,1,3H3;5-7H,1H2,2-4H3;4*3H2,1-2H3;2*1-2H3;2H2,1H3/b13-5-;;;;;;;;. The molecule has 1 fully saturated rings. The third-order valence-corrected chi connectivity index (χ3v) is 5.13. The third kappa shape index (κ3) is 31.1. The minimum atomic E-state index is 0.876. The van der Waals surface area contributed by atoms with Crippen LogP contribution < -0.4 is 16.3 Å². The Morgan fingerprint density at radius 3 is 1.41 bits per heavy atom. The van der Waals surface area contributed by atoms with Gasteiger partial charge in [-0.2, -0.15) is 0 Å². The second-order valence-electron chi connectivity index (χ2n) is 10.5. The van der Waals surface area contributed by atoms with E-state index in [4.69, 9.17) is 0 Å². The number of hydrogen-bond acceptors (Lipinski definition) is 1. The van der Waals surface area contributed by atoms with Gasteiger partial charge < -0.3 is 10.3 Å². The quantitative estimate of drug-likeness (QED) is 0.365. The number of aromatic nitrogens is 1. The van der Waals surface area contributed by atoms with Crippen molar-refractivity contribution in [1.29, 1.82) is 0 Å². The first-order chi connectivity index (χ1) is 20.9. The smallest absolute Gasteiger partial charge is 0.0441 e. The largest absolute Gasteiger partial charge is 0.341 e. The number of allylic oxidation sites excluding steroid dienone is 2. The molecule has 2 N–H and O–H groups in total. The zero-order valence-corrected chi connectivity index (χ0v) is 33.6. The zero-order chi connectivity index (χ0) is 36.3. The molecule has 3 rings (SSSR count). The summed E-state index contributed by atoms with van der Waals surface area (Å²) in [4.78, 5) is 0.